The summed E-state index contributed by atoms with van der Waals surface area (Å²) in [6.45, 7) is 6.37. The van der Waals surface area contributed by atoms with Crippen LogP contribution in [0.15, 0.2) is 97.2 Å². The number of allylic oxidation sites excluding steroid dienone is 16. The van der Waals surface area contributed by atoms with Crippen molar-refractivity contribution < 1.29 is 28.6 Å². The van der Waals surface area contributed by atoms with Crippen LogP contribution < -0.4 is 0 Å². The molecule has 67 heavy (non-hydrogen) atoms. The van der Waals surface area contributed by atoms with E-state index in [0.717, 1.165) is 109 Å². The van der Waals surface area contributed by atoms with Gasteiger partial charge in [-0.25, -0.2) is 0 Å². The zero-order valence-electron chi connectivity index (χ0n) is 43.6. The highest BCUT2D eigenvalue weighted by Gasteiger charge is 2.19. The normalized spacial score (nSPS) is 12.8. The second-order valence-electron chi connectivity index (χ2n) is 18.1. The maximum atomic E-state index is 12.8. The predicted molar refractivity (Wildman–Crippen MR) is 288 cm³/mol. The lowest BCUT2D eigenvalue weighted by Crippen LogP contribution is -2.30. The maximum Gasteiger partial charge on any atom is 0.306 e. The van der Waals surface area contributed by atoms with Gasteiger partial charge in [0.15, 0.2) is 6.10 Å². The Bertz CT molecular complexity index is 1350. The minimum atomic E-state index is -0.802. The summed E-state index contributed by atoms with van der Waals surface area (Å²) in [5.41, 5.74) is 0. The molecule has 382 valence electrons. The molecule has 0 bridgehead atoms. The minimum Gasteiger partial charge on any atom is -0.462 e. The van der Waals surface area contributed by atoms with Crippen molar-refractivity contribution in [1.82, 2.24) is 0 Å². The van der Waals surface area contributed by atoms with Gasteiger partial charge in [0.2, 0.25) is 0 Å². The van der Waals surface area contributed by atoms with Crippen molar-refractivity contribution in [3.05, 3.63) is 97.2 Å². The first-order chi connectivity index (χ1) is 33.0. The second kappa shape index (κ2) is 54.9. The number of carbonyl (C=O) groups is 3. The summed E-state index contributed by atoms with van der Waals surface area (Å²) in [7, 11) is 0. The third-order valence-electron chi connectivity index (χ3n) is 11.6. The predicted octanol–water partition coefficient (Wildman–Crippen LogP) is 18.5. The van der Waals surface area contributed by atoms with Crippen LogP contribution in [0.3, 0.4) is 0 Å². The zero-order chi connectivity index (χ0) is 48.6. The first-order valence-corrected chi connectivity index (χ1v) is 27.7. The number of carbonyl (C=O) groups excluding carboxylic acids is 3. The Morgan fingerprint density at radius 1 is 0.313 bits per heavy atom. The summed E-state index contributed by atoms with van der Waals surface area (Å²) in [6.07, 6.45) is 72.5. The van der Waals surface area contributed by atoms with Gasteiger partial charge in [-0.3, -0.25) is 14.4 Å². The number of esters is 3. The van der Waals surface area contributed by atoms with Gasteiger partial charge in [0.05, 0.1) is 0 Å². The highest BCUT2D eigenvalue weighted by Crippen LogP contribution is 2.15. The van der Waals surface area contributed by atoms with E-state index >= 15 is 0 Å². The monoisotopic (exact) mass is 931 g/mol. The fourth-order valence-electron chi connectivity index (χ4n) is 7.48. The Kier molecular flexibility index (Phi) is 51.9. The van der Waals surface area contributed by atoms with Crippen molar-refractivity contribution in [3.63, 3.8) is 0 Å². The van der Waals surface area contributed by atoms with Gasteiger partial charge in [-0.2, -0.15) is 0 Å². The van der Waals surface area contributed by atoms with Crippen LogP contribution >= 0.6 is 0 Å². The van der Waals surface area contributed by atoms with Crippen molar-refractivity contribution in [2.45, 2.75) is 258 Å². The maximum absolute atomic E-state index is 12.8. The number of unbranched alkanes of at least 4 members (excludes halogenated alkanes) is 22. The molecule has 0 rings (SSSR count). The number of hydrogen-bond acceptors (Lipinski definition) is 6. The fraction of sp³-hybridized carbons (Fsp3) is 0.689. The van der Waals surface area contributed by atoms with E-state index in [4.69, 9.17) is 14.2 Å². The first-order valence-electron chi connectivity index (χ1n) is 27.7. The van der Waals surface area contributed by atoms with Crippen LogP contribution in [-0.4, -0.2) is 37.2 Å². The second-order valence-corrected chi connectivity index (χ2v) is 18.1. The zero-order valence-corrected chi connectivity index (χ0v) is 43.6. The molecule has 0 N–H and O–H groups in total. The smallest absolute Gasteiger partial charge is 0.306 e. The molecule has 6 heteroatoms. The van der Waals surface area contributed by atoms with Crippen LogP contribution in [0.5, 0.6) is 0 Å². The Morgan fingerprint density at radius 2 is 0.582 bits per heavy atom. The molecular weight excluding hydrogens is 829 g/mol. The molecule has 1 atom stereocenters. The molecule has 0 aromatic carbocycles. The first kappa shape index (κ1) is 63.3. The number of ether oxygens (including phenoxy) is 3. The Hall–Kier alpha value is -3.67. The molecule has 0 aromatic rings. The van der Waals surface area contributed by atoms with Crippen LogP contribution in [0.1, 0.15) is 252 Å². The number of hydrogen-bond donors (Lipinski definition) is 0. The van der Waals surface area contributed by atoms with E-state index in [1.54, 1.807) is 0 Å². The Morgan fingerprint density at radius 3 is 0.940 bits per heavy atom. The molecule has 1 unspecified atom stereocenters. The molecule has 0 saturated carbocycles. The van der Waals surface area contributed by atoms with Gasteiger partial charge in [-0.15, -0.1) is 0 Å². The standard InChI is InChI=1S/C61H102O6/c1-4-7-10-13-16-19-22-25-27-28-29-30-31-32-34-36-39-42-45-48-51-54-60(63)66-57-58(56-65-59(62)53-50-47-44-41-38-35-24-21-18-15-12-9-6-3)67-61(64)55-52-49-46-43-40-37-33-26-23-20-17-14-11-8-5-2/h7-8,10-11,16-17,19-20,25-27,29-30,33,40,43,58H,4-6,9,12-15,18,21-24,28,31-32,34-39,41-42,44-57H2,1-3H3/b10-7-,11-8-,19-16-,20-17-,27-25-,30-29-,33-26-,43-40-. The molecule has 0 saturated heterocycles. The minimum absolute atomic E-state index is 0.0955. The fourth-order valence-corrected chi connectivity index (χ4v) is 7.48. The summed E-state index contributed by atoms with van der Waals surface area (Å²) in [6, 6.07) is 0. The highest BCUT2D eigenvalue weighted by molar-refractivity contribution is 5.71. The van der Waals surface area contributed by atoms with E-state index in [2.05, 4.69) is 118 Å². The van der Waals surface area contributed by atoms with Gasteiger partial charge in [-0.1, -0.05) is 234 Å². The van der Waals surface area contributed by atoms with Crippen molar-refractivity contribution in [1.29, 1.82) is 0 Å². The van der Waals surface area contributed by atoms with Gasteiger partial charge in [-0.05, 0) is 96.3 Å². The Labute approximate surface area is 413 Å². The van der Waals surface area contributed by atoms with Crippen molar-refractivity contribution >= 4 is 17.9 Å². The third-order valence-corrected chi connectivity index (χ3v) is 11.6. The summed E-state index contributed by atoms with van der Waals surface area (Å²) in [5, 5.41) is 0. The summed E-state index contributed by atoms with van der Waals surface area (Å²) >= 11 is 0. The van der Waals surface area contributed by atoms with Gasteiger partial charge in [0, 0.05) is 19.3 Å². The van der Waals surface area contributed by atoms with Gasteiger partial charge in [0.25, 0.3) is 0 Å². The van der Waals surface area contributed by atoms with E-state index in [0.29, 0.717) is 19.3 Å². The lowest BCUT2D eigenvalue weighted by atomic mass is 10.0. The van der Waals surface area contributed by atoms with E-state index in [9.17, 15) is 14.4 Å². The topological polar surface area (TPSA) is 78.9 Å². The van der Waals surface area contributed by atoms with E-state index < -0.39 is 6.10 Å². The summed E-state index contributed by atoms with van der Waals surface area (Å²) < 4.78 is 16.8. The van der Waals surface area contributed by atoms with E-state index in [-0.39, 0.29) is 37.5 Å². The summed E-state index contributed by atoms with van der Waals surface area (Å²) in [4.78, 5) is 38.1. The van der Waals surface area contributed by atoms with Gasteiger partial charge in [0.1, 0.15) is 13.2 Å². The molecule has 0 aliphatic heterocycles. The van der Waals surface area contributed by atoms with Crippen LogP contribution in [-0.2, 0) is 28.6 Å². The van der Waals surface area contributed by atoms with Crippen molar-refractivity contribution in [2.75, 3.05) is 13.2 Å². The van der Waals surface area contributed by atoms with Crippen LogP contribution in [0, 0.1) is 0 Å². The quantitative estimate of drug-likeness (QED) is 0.0262. The van der Waals surface area contributed by atoms with Gasteiger partial charge >= 0.3 is 17.9 Å². The molecule has 0 radical (unpaired) electrons. The average Bonchev–Trinajstić information content (AvgIpc) is 3.33. The molecule has 6 nitrogen and oxygen atoms in total. The number of rotatable bonds is 49. The largest absolute Gasteiger partial charge is 0.462 e. The van der Waals surface area contributed by atoms with Crippen LogP contribution in [0.2, 0.25) is 0 Å². The molecular formula is C61H102O6. The van der Waals surface area contributed by atoms with Crippen LogP contribution in [0.4, 0.5) is 0 Å². The molecule has 0 aliphatic rings. The highest BCUT2D eigenvalue weighted by atomic mass is 16.6. The molecule has 0 amide bonds. The average molecular weight is 931 g/mol. The van der Waals surface area contributed by atoms with E-state index in [1.807, 2.05) is 0 Å². The molecule has 0 aliphatic carbocycles. The van der Waals surface area contributed by atoms with Gasteiger partial charge < -0.3 is 14.2 Å². The lowest BCUT2D eigenvalue weighted by Gasteiger charge is -2.18. The van der Waals surface area contributed by atoms with Crippen molar-refractivity contribution in [2.24, 2.45) is 0 Å². The SMILES string of the molecule is CC/C=C\C/C=C\C/C=C\C/C=C\CCCCCCCCCCC(=O)OCC(COC(=O)CCCCCCCCCCCCCCC)OC(=O)CCCC/C=C\C/C=C\C/C=C\C/C=C\CC. The molecule has 0 spiro atoms. The molecule has 0 heterocycles. The Balaban J connectivity index is 4.42. The summed E-state index contributed by atoms with van der Waals surface area (Å²) in [5.74, 6) is -0.944. The van der Waals surface area contributed by atoms with Crippen LogP contribution in [0.25, 0.3) is 0 Å². The third kappa shape index (κ3) is 53.2. The molecule has 0 aromatic heterocycles. The van der Waals surface area contributed by atoms with E-state index in [1.165, 1.54) is 96.3 Å². The lowest BCUT2D eigenvalue weighted by molar-refractivity contribution is -0.167. The van der Waals surface area contributed by atoms with Crippen molar-refractivity contribution in [3.8, 4) is 0 Å². The molecule has 0 fully saturated rings.